The molecule has 1 rings (SSSR count). The lowest BCUT2D eigenvalue weighted by atomic mass is 10.4. The van der Waals surface area contributed by atoms with Gasteiger partial charge in [0.15, 0.2) is 5.69 Å². The van der Waals surface area contributed by atoms with E-state index in [-0.39, 0.29) is 12.2 Å². The largest absolute Gasteiger partial charge is 0.464 e. The highest BCUT2D eigenvalue weighted by Crippen LogP contribution is 2.21. The number of aromatic nitrogens is 2. The van der Waals surface area contributed by atoms with E-state index in [0.717, 1.165) is 4.68 Å². The summed E-state index contributed by atoms with van der Waals surface area (Å²) in [5, 5.41) is 3.68. The van der Waals surface area contributed by atoms with Crippen molar-refractivity contribution in [2.24, 2.45) is 0 Å². The number of carbonyl (C=O) groups is 1. The van der Waals surface area contributed by atoms with Gasteiger partial charge in [-0.15, -0.1) is 0 Å². The molecule has 4 nitrogen and oxygen atoms in total. The van der Waals surface area contributed by atoms with Crippen molar-refractivity contribution in [3.05, 3.63) is 16.4 Å². The number of carbonyl (C=O) groups excluding carboxylic acids is 1. The van der Waals surface area contributed by atoms with Gasteiger partial charge in [-0.05, 0) is 15.9 Å². The smallest absolute Gasteiger partial charge is 0.390 e. The Balaban J connectivity index is 2.74. The molecule has 1 aromatic rings. The first-order valence-electron chi connectivity index (χ1n) is 4.21. The van der Waals surface area contributed by atoms with Gasteiger partial charge in [-0.2, -0.15) is 18.3 Å². The van der Waals surface area contributed by atoms with Gasteiger partial charge in [0.1, 0.15) is 0 Å². The minimum Gasteiger partial charge on any atom is -0.464 e. The van der Waals surface area contributed by atoms with Gasteiger partial charge in [-0.25, -0.2) is 4.79 Å². The molecule has 0 unspecified atom stereocenters. The molecular weight excluding hydrogens is 293 g/mol. The maximum Gasteiger partial charge on any atom is 0.390 e. The molecule has 16 heavy (non-hydrogen) atoms. The lowest BCUT2D eigenvalue weighted by Gasteiger charge is -2.05. The molecule has 0 fully saturated rings. The Bertz CT molecular complexity index is 389. The summed E-state index contributed by atoms with van der Waals surface area (Å²) in [6.45, 7) is -0.334. The molecule has 0 aromatic carbocycles. The predicted molar refractivity (Wildman–Crippen MR) is 51.9 cm³/mol. The van der Waals surface area contributed by atoms with Crippen LogP contribution in [0.5, 0.6) is 0 Å². The van der Waals surface area contributed by atoms with Gasteiger partial charge in [0.2, 0.25) is 0 Å². The Morgan fingerprint density at radius 3 is 2.75 bits per heavy atom. The molecule has 0 saturated carbocycles. The van der Waals surface area contributed by atoms with Crippen LogP contribution in [-0.4, -0.2) is 29.0 Å². The summed E-state index contributed by atoms with van der Waals surface area (Å²) < 4.78 is 41.5. The van der Waals surface area contributed by atoms with E-state index >= 15 is 0 Å². The second kappa shape index (κ2) is 4.86. The summed E-state index contributed by atoms with van der Waals surface area (Å²) >= 11 is 3.01. The second-order valence-electron chi connectivity index (χ2n) is 2.95. The molecule has 1 heterocycles. The van der Waals surface area contributed by atoms with Gasteiger partial charge in [0.05, 0.1) is 18.0 Å². The lowest BCUT2D eigenvalue weighted by molar-refractivity contribution is -0.137. The number of halogens is 4. The summed E-state index contributed by atoms with van der Waals surface area (Å²) in [4.78, 5) is 11.1. The van der Waals surface area contributed by atoms with E-state index in [2.05, 4.69) is 25.8 Å². The molecule has 0 radical (unpaired) electrons. The molecular formula is C8H8BrF3N2O2. The van der Waals surface area contributed by atoms with Crippen LogP contribution in [0.4, 0.5) is 13.2 Å². The number of esters is 1. The van der Waals surface area contributed by atoms with Crippen molar-refractivity contribution in [2.75, 3.05) is 7.11 Å². The molecule has 0 saturated heterocycles. The number of hydrogen-bond donors (Lipinski definition) is 0. The van der Waals surface area contributed by atoms with Crippen molar-refractivity contribution in [3.63, 3.8) is 0 Å². The van der Waals surface area contributed by atoms with E-state index in [1.54, 1.807) is 0 Å². The van der Waals surface area contributed by atoms with Crippen LogP contribution in [0.3, 0.4) is 0 Å². The monoisotopic (exact) mass is 300 g/mol. The van der Waals surface area contributed by atoms with E-state index in [9.17, 15) is 18.0 Å². The van der Waals surface area contributed by atoms with E-state index in [1.165, 1.54) is 13.3 Å². The zero-order chi connectivity index (χ0) is 12.3. The zero-order valence-electron chi connectivity index (χ0n) is 8.21. The molecule has 0 N–H and O–H groups in total. The Morgan fingerprint density at radius 1 is 1.62 bits per heavy atom. The van der Waals surface area contributed by atoms with E-state index in [1.807, 2.05) is 0 Å². The number of methoxy groups -OCH3 is 1. The third kappa shape index (κ3) is 3.51. The lowest BCUT2D eigenvalue weighted by Crippen LogP contribution is -2.13. The molecule has 0 aliphatic rings. The summed E-state index contributed by atoms with van der Waals surface area (Å²) in [7, 11) is 1.17. The van der Waals surface area contributed by atoms with Crippen molar-refractivity contribution in [1.29, 1.82) is 0 Å². The van der Waals surface area contributed by atoms with Crippen LogP contribution in [-0.2, 0) is 11.3 Å². The van der Waals surface area contributed by atoms with E-state index in [4.69, 9.17) is 0 Å². The molecule has 0 aliphatic carbocycles. The molecule has 8 heteroatoms. The maximum absolute atomic E-state index is 11.9. The van der Waals surface area contributed by atoms with Crippen LogP contribution < -0.4 is 0 Å². The fourth-order valence-corrected chi connectivity index (χ4v) is 1.47. The number of hydrogen-bond acceptors (Lipinski definition) is 3. The van der Waals surface area contributed by atoms with Crippen molar-refractivity contribution in [3.8, 4) is 0 Å². The fraction of sp³-hybridized carbons (Fsp3) is 0.500. The fourth-order valence-electron chi connectivity index (χ4n) is 0.988. The van der Waals surface area contributed by atoms with Crippen LogP contribution >= 0.6 is 15.9 Å². The standard InChI is InChI=1S/C8H8BrF3N2O2/c1-16-7(15)6-5(9)4-14(13-6)3-2-8(10,11)12/h4H,2-3H2,1H3. The van der Waals surface area contributed by atoms with Gasteiger partial charge < -0.3 is 4.74 Å². The third-order valence-electron chi connectivity index (χ3n) is 1.72. The van der Waals surface area contributed by atoms with Gasteiger partial charge in [-0.1, -0.05) is 0 Å². The third-order valence-corrected chi connectivity index (χ3v) is 2.30. The van der Waals surface area contributed by atoms with Gasteiger partial charge >= 0.3 is 12.1 Å². The highest BCUT2D eigenvalue weighted by atomic mass is 79.9. The van der Waals surface area contributed by atoms with Crippen LogP contribution in [0.1, 0.15) is 16.9 Å². The summed E-state index contributed by atoms with van der Waals surface area (Å²) in [6.07, 6.45) is -3.94. The first kappa shape index (κ1) is 13.0. The number of alkyl halides is 3. The average Bonchev–Trinajstić information content (AvgIpc) is 2.55. The summed E-state index contributed by atoms with van der Waals surface area (Å²) in [5.74, 6) is -0.697. The number of ether oxygens (including phenoxy) is 1. The number of rotatable bonds is 3. The highest BCUT2D eigenvalue weighted by molar-refractivity contribution is 9.10. The minimum atomic E-state index is -4.25. The normalized spacial score (nSPS) is 11.6. The summed E-state index contributed by atoms with van der Waals surface area (Å²) in [5.41, 5.74) is -0.0373. The van der Waals surface area contributed by atoms with Crippen LogP contribution in [0, 0.1) is 0 Å². The van der Waals surface area contributed by atoms with Crippen molar-refractivity contribution >= 4 is 21.9 Å². The van der Waals surface area contributed by atoms with Crippen molar-refractivity contribution < 1.29 is 22.7 Å². The number of aryl methyl sites for hydroxylation is 1. The molecule has 0 bridgehead atoms. The molecule has 0 spiro atoms. The van der Waals surface area contributed by atoms with Crippen LogP contribution in [0.25, 0.3) is 0 Å². The minimum absolute atomic E-state index is 0.0373. The van der Waals surface area contributed by atoms with E-state index in [0.29, 0.717) is 4.47 Å². The zero-order valence-corrected chi connectivity index (χ0v) is 9.80. The first-order chi connectivity index (χ1) is 7.33. The second-order valence-corrected chi connectivity index (χ2v) is 3.80. The first-order valence-corrected chi connectivity index (χ1v) is 5.01. The van der Waals surface area contributed by atoms with Crippen LogP contribution in [0.15, 0.2) is 10.7 Å². The molecule has 90 valence electrons. The topological polar surface area (TPSA) is 44.1 Å². The summed E-state index contributed by atoms with van der Waals surface area (Å²) in [6, 6.07) is 0. The van der Waals surface area contributed by atoms with Crippen molar-refractivity contribution in [2.45, 2.75) is 19.1 Å². The Hall–Kier alpha value is -1.05. The van der Waals surface area contributed by atoms with Crippen molar-refractivity contribution in [1.82, 2.24) is 9.78 Å². The SMILES string of the molecule is COC(=O)c1nn(CCC(F)(F)F)cc1Br. The van der Waals surface area contributed by atoms with E-state index < -0.39 is 18.6 Å². The maximum atomic E-state index is 11.9. The van der Waals surface area contributed by atoms with Gasteiger partial charge in [0, 0.05) is 12.7 Å². The highest BCUT2D eigenvalue weighted by Gasteiger charge is 2.27. The molecule has 0 amide bonds. The van der Waals surface area contributed by atoms with Crippen LogP contribution in [0.2, 0.25) is 0 Å². The Kier molecular flexibility index (Phi) is 3.95. The Labute approximate surface area is 97.5 Å². The van der Waals surface area contributed by atoms with Gasteiger partial charge in [0.25, 0.3) is 0 Å². The molecule has 0 atom stereocenters. The Morgan fingerprint density at radius 2 is 2.25 bits per heavy atom. The number of nitrogens with zero attached hydrogens (tertiary/aromatic N) is 2. The quantitative estimate of drug-likeness (QED) is 0.805. The molecule has 1 aromatic heterocycles. The molecule has 0 aliphatic heterocycles. The van der Waals surface area contributed by atoms with Gasteiger partial charge in [-0.3, -0.25) is 4.68 Å². The predicted octanol–water partition coefficient (Wildman–Crippen LogP) is 2.38. The average molecular weight is 301 g/mol.